The molecule has 4 atom stereocenters. The van der Waals surface area contributed by atoms with E-state index in [1.165, 1.54) is 100 Å². The van der Waals surface area contributed by atoms with Gasteiger partial charge in [-0.3, -0.25) is 0 Å². The molecule has 5 aliphatic rings. The van der Waals surface area contributed by atoms with Gasteiger partial charge in [-0.1, -0.05) is 243 Å². The van der Waals surface area contributed by atoms with Gasteiger partial charge < -0.3 is 4.90 Å². The van der Waals surface area contributed by atoms with Crippen molar-refractivity contribution < 1.29 is 0 Å². The van der Waals surface area contributed by atoms with Gasteiger partial charge in [0.25, 0.3) is 0 Å². The largest absolute Gasteiger partial charge is 0.334 e. The van der Waals surface area contributed by atoms with Crippen molar-refractivity contribution in [2.24, 2.45) is 5.92 Å². The van der Waals surface area contributed by atoms with Crippen LogP contribution in [0.1, 0.15) is 75.4 Å². The first-order chi connectivity index (χ1) is 35.1. The van der Waals surface area contributed by atoms with Gasteiger partial charge in [0.2, 0.25) is 0 Å². The zero-order valence-electron chi connectivity index (χ0n) is 39.9. The van der Waals surface area contributed by atoms with Crippen molar-refractivity contribution >= 4 is 16.9 Å². The molecule has 0 saturated carbocycles. The standard InChI is InChI=1S/C70H53N/c1-68(48-22-6-2-7-23-48)62-34-18-14-30-56(62)60-44-42-55(47-67(60)68)71(53-40-38-52(39-41-53)70(51-28-12-5-13-29-51)63-35-19-15-31-57(63)58-32-16-20-36-64(58)70)54-43-45-66-61(46-54)59-33-17-21-37-65(59)69(66,49-24-8-3-9-25-49)50-26-10-4-11-27-50/h2-26,28-41,43-47,50,55H,27,42H2,1H3. The minimum atomic E-state index is -0.476. The Labute approximate surface area is 418 Å². The molecule has 4 unspecified atom stereocenters. The van der Waals surface area contributed by atoms with E-state index in [4.69, 9.17) is 0 Å². The molecule has 1 nitrogen and oxygen atoms in total. The minimum Gasteiger partial charge on any atom is -0.334 e. The van der Waals surface area contributed by atoms with Crippen molar-refractivity contribution in [3.63, 3.8) is 0 Å². The number of hydrogen-bond acceptors (Lipinski definition) is 1. The molecule has 14 rings (SSSR count). The molecule has 0 amide bonds. The predicted molar refractivity (Wildman–Crippen MR) is 294 cm³/mol. The van der Waals surface area contributed by atoms with Gasteiger partial charge in [0.05, 0.1) is 16.9 Å². The van der Waals surface area contributed by atoms with Crippen LogP contribution in [0.25, 0.3) is 27.8 Å². The third-order valence-electron chi connectivity index (χ3n) is 17.0. The molecule has 5 aliphatic carbocycles. The summed E-state index contributed by atoms with van der Waals surface area (Å²) in [6.07, 6.45) is 16.3. The summed E-state index contributed by atoms with van der Waals surface area (Å²) in [5, 5.41) is 0. The molecule has 0 heterocycles. The highest BCUT2D eigenvalue weighted by atomic mass is 15.2. The maximum Gasteiger partial charge on any atom is 0.0713 e. The Morgan fingerprint density at radius 3 is 1.55 bits per heavy atom. The second kappa shape index (κ2) is 16.2. The zero-order chi connectivity index (χ0) is 47.2. The van der Waals surface area contributed by atoms with Gasteiger partial charge in [-0.25, -0.2) is 0 Å². The Morgan fingerprint density at radius 2 is 0.915 bits per heavy atom. The summed E-state index contributed by atoms with van der Waals surface area (Å²) in [7, 11) is 0. The molecule has 1 heteroatoms. The van der Waals surface area contributed by atoms with E-state index in [0.29, 0.717) is 0 Å². The molecular weight excluding hydrogens is 855 g/mol. The first kappa shape index (κ1) is 41.7. The molecule has 0 fully saturated rings. The van der Waals surface area contributed by atoms with Crippen molar-refractivity contribution in [3.8, 4) is 22.3 Å². The summed E-state index contributed by atoms with van der Waals surface area (Å²) < 4.78 is 0. The zero-order valence-corrected chi connectivity index (χ0v) is 39.9. The fourth-order valence-corrected chi connectivity index (χ4v) is 14.1. The number of anilines is 2. The smallest absolute Gasteiger partial charge is 0.0713 e. The Morgan fingerprint density at radius 1 is 0.408 bits per heavy atom. The number of allylic oxidation sites excluding steroid dienone is 6. The Hall–Kier alpha value is -8.26. The third kappa shape index (κ3) is 5.87. The lowest BCUT2D eigenvalue weighted by atomic mass is 9.62. The van der Waals surface area contributed by atoms with Gasteiger partial charge in [-0.15, -0.1) is 0 Å². The molecule has 0 aromatic heterocycles. The van der Waals surface area contributed by atoms with Crippen LogP contribution in [-0.4, -0.2) is 6.04 Å². The number of hydrogen-bond donors (Lipinski definition) is 0. The van der Waals surface area contributed by atoms with E-state index >= 15 is 0 Å². The second-order valence-electron chi connectivity index (χ2n) is 20.3. The number of rotatable bonds is 8. The highest BCUT2D eigenvalue weighted by Crippen LogP contribution is 2.61. The van der Waals surface area contributed by atoms with Gasteiger partial charge in [-0.2, -0.15) is 0 Å². The predicted octanol–water partition coefficient (Wildman–Crippen LogP) is 16.7. The fourth-order valence-electron chi connectivity index (χ4n) is 14.1. The van der Waals surface area contributed by atoms with E-state index in [1.54, 1.807) is 0 Å². The Kier molecular flexibility index (Phi) is 9.49. The summed E-state index contributed by atoms with van der Waals surface area (Å²) in [6.45, 7) is 2.44. The van der Waals surface area contributed by atoms with Gasteiger partial charge in [0.15, 0.2) is 0 Å². The topological polar surface area (TPSA) is 3.24 Å². The van der Waals surface area contributed by atoms with E-state index in [9.17, 15) is 0 Å². The van der Waals surface area contributed by atoms with Crippen LogP contribution < -0.4 is 4.90 Å². The summed E-state index contributed by atoms with van der Waals surface area (Å²) in [5.74, 6) is 0.265. The minimum absolute atomic E-state index is 0.0351. The van der Waals surface area contributed by atoms with Crippen LogP contribution in [-0.2, 0) is 16.2 Å². The lowest BCUT2D eigenvalue weighted by Crippen LogP contribution is -2.36. The van der Waals surface area contributed by atoms with Crippen molar-refractivity contribution in [1.82, 2.24) is 0 Å². The quantitative estimate of drug-likeness (QED) is 0.147. The lowest BCUT2D eigenvalue weighted by molar-refractivity contribution is 0.457. The molecule has 0 spiro atoms. The summed E-state index contributed by atoms with van der Waals surface area (Å²) in [5.41, 5.74) is 22.6. The molecule has 71 heavy (non-hydrogen) atoms. The van der Waals surface area contributed by atoms with Crippen LogP contribution in [0.5, 0.6) is 0 Å². The number of benzene rings is 9. The highest BCUT2D eigenvalue weighted by Gasteiger charge is 2.50. The molecule has 9 aromatic carbocycles. The molecule has 9 aromatic rings. The number of fused-ring (bicyclic) bond motifs is 9. The second-order valence-corrected chi connectivity index (χ2v) is 20.3. The van der Waals surface area contributed by atoms with Crippen molar-refractivity contribution in [2.45, 2.75) is 42.1 Å². The van der Waals surface area contributed by atoms with Gasteiger partial charge in [0, 0.05) is 16.8 Å². The monoisotopic (exact) mass is 907 g/mol. The summed E-state index contributed by atoms with van der Waals surface area (Å²) in [6, 6.07) is 87.2. The van der Waals surface area contributed by atoms with Crippen LogP contribution in [0.3, 0.4) is 0 Å². The summed E-state index contributed by atoms with van der Waals surface area (Å²) in [4.78, 5) is 2.65. The Bertz CT molecular complexity index is 3620. The van der Waals surface area contributed by atoms with Gasteiger partial charge in [0.1, 0.15) is 0 Å². The van der Waals surface area contributed by atoms with Crippen LogP contribution in [0, 0.1) is 5.92 Å². The van der Waals surface area contributed by atoms with Crippen LogP contribution in [0.2, 0.25) is 0 Å². The molecule has 0 saturated heterocycles. The summed E-state index contributed by atoms with van der Waals surface area (Å²) >= 11 is 0. The van der Waals surface area contributed by atoms with Crippen LogP contribution in [0.15, 0.2) is 273 Å². The van der Waals surface area contributed by atoms with Crippen molar-refractivity contribution in [3.05, 3.63) is 328 Å². The fraction of sp³-hybridized carbons (Fsp3) is 0.114. The lowest BCUT2D eigenvalue weighted by Gasteiger charge is -2.40. The molecule has 0 bridgehead atoms. The first-order valence-electron chi connectivity index (χ1n) is 25.5. The maximum atomic E-state index is 2.65. The first-order valence-corrected chi connectivity index (χ1v) is 25.5. The molecule has 0 radical (unpaired) electrons. The SMILES string of the molecule is CC1(c2ccccc2)C2=CC(N(c3ccc(C4(c5ccccc5)c5ccccc5-c5ccccc54)cc3)c3ccc4c(c3)-c3ccccc3C4(c3ccccc3)C3C=CC=CC3)CC=C2c2ccccc21. The molecule has 0 aliphatic heterocycles. The van der Waals surface area contributed by atoms with E-state index in [-0.39, 0.29) is 22.8 Å². The van der Waals surface area contributed by atoms with E-state index in [2.05, 4.69) is 279 Å². The average Bonchev–Trinajstić information content (AvgIpc) is 4.02. The van der Waals surface area contributed by atoms with Crippen molar-refractivity contribution in [1.29, 1.82) is 0 Å². The van der Waals surface area contributed by atoms with Gasteiger partial charge >= 0.3 is 0 Å². The van der Waals surface area contributed by atoms with Crippen LogP contribution >= 0.6 is 0 Å². The van der Waals surface area contributed by atoms with E-state index < -0.39 is 5.41 Å². The third-order valence-corrected chi connectivity index (χ3v) is 17.0. The van der Waals surface area contributed by atoms with E-state index in [1.807, 2.05) is 0 Å². The Balaban J connectivity index is 0.981. The van der Waals surface area contributed by atoms with Crippen molar-refractivity contribution in [2.75, 3.05) is 4.90 Å². The normalized spacial score (nSPS) is 21.5. The number of nitrogens with zero attached hydrogens (tertiary/aromatic N) is 1. The molecule has 0 N–H and O–H groups in total. The van der Waals surface area contributed by atoms with Gasteiger partial charge in [-0.05, 0) is 139 Å². The highest BCUT2D eigenvalue weighted by molar-refractivity contribution is 5.94. The van der Waals surface area contributed by atoms with Crippen LogP contribution in [0.4, 0.5) is 11.4 Å². The average molecular weight is 908 g/mol. The maximum absolute atomic E-state index is 2.65. The van der Waals surface area contributed by atoms with E-state index in [0.717, 1.165) is 12.8 Å². The molecular formula is C70H53N. The molecule has 338 valence electrons.